The van der Waals surface area contributed by atoms with Crippen molar-refractivity contribution in [1.29, 1.82) is 0 Å². The van der Waals surface area contributed by atoms with E-state index in [9.17, 15) is 9.59 Å². The highest BCUT2D eigenvalue weighted by molar-refractivity contribution is 7.14. The quantitative estimate of drug-likeness (QED) is 0.832. The fourth-order valence-corrected chi connectivity index (χ4v) is 3.84. The number of aryl methyl sites for hydroxylation is 2. The number of hydrazine groups is 1. The molecule has 2 aromatic heterocycles. The van der Waals surface area contributed by atoms with Gasteiger partial charge in [0.1, 0.15) is 5.69 Å². The normalized spacial score (nSPS) is 14.3. The maximum atomic E-state index is 12.2. The van der Waals surface area contributed by atoms with Crippen molar-refractivity contribution in [3.05, 3.63) is 51.5 Å². The lowest BCUT2D eigenvalue weighted by atomic mass is 10.00. The Hall–Kier alpha value is -2.21. The van der Waals surface area contributed by atoms with Gasteiger partial charge in [-0.05, 0) is 49.4 Å². The molecule has 23 heavy (non-hydrogen) atoms. The molecule has 2 amide bonds. The number of pyridine rings is 1. The highest BCUT2D eigenvalue weighted by Crippen LogP contribution is 2.28. The number of thiophene rings is 1. The van der Waals surface area contributed by atoms with Gasteiger partial charge < -0.3 is 0 Å². The molecule has 1 aliphatic rings. The molecule has 3 rings (SSSR count). The Balaban J connectivity index is 1.62. The monoisotopic (exact) mass is 329 g/mol. The van der Waals surface area contributed by atoms with Crippen LogP contribution in [0.2, 0.25) is 0 Å². The summed E-state index contributed by atoms with van der Waals surface area (Å²) in [7, 11) is 0. The fourth-order valence-electron chi connectivity index (χ4n) is 2.69. The van der Waals surface area contributed by atoms with Crippen LogP contribution in [-0.4, -0.2) is 16.8 Å². The first-order chi connectivity index (χ1) is 11.2. The SMILES string of the molecule is O=C(NNC(=O)c1cc2c(s1)CCCCCC2)c1ccccn1. The number of nitrogens with zero attached hydrogens (tertiary/aromatic N) is 1. The highest BCUT2D eigenvalue weighted by Gasteiger charge is 2.16. The second-order valence-corrected chi connectivity index (χ2v) is 6.73. The van der Waals surface area contributed by atoms with Crippen LogP contribution in [0.4, 0.5) is 0 Å². The molecule has 2 N–H and O–H groups in total. The summed E-state index contributed by atoms with van der Waals surface area (Å²) in [5.74, 6) is -0.695. The lowest BCUT2D eigenvalue weighted by molar-refractivity contribution is 0.0846. The van der Waals surface area contributed by atoms with Crippen molar-refractivity contribution < 1.29 is 9.59 Å². The molecule has 0 fully saturated rings. The van der Waals surface area contributed by atoms with Crippen molar-refractivity contribution in [3.8, 4) is 0 Å². The van der Waals surface area contributed by atoms with Crippen molar-refractivity contribution >= 4 is 23.2 Å². The van der Waals surface area contributed by atoms with E-state index in [1.165, 1.54) is 53.7 Å². The summed E-state index contributed by atoms with van der Waals surface area (Å²) in [6, 6.07) is 7.02. The topological polar surface area (TPSA) is 71.1 Å². The van der Waals surface area contributed by atoms with Gasteiger partial charge in [-0.2, -0.15) is 0 Å². The van der Waals surface area contributed by atoms with Crippen molar-refractivity contribution in [2.24, 2.45) is 0 Å². The Bertz CT molecular complexity index is 672. The van der Waals surface area contributed by atoms with Crippen LogP contribution >= 0.6 is 11.3 Å². The van der Waals surface area contributed by atoms with Crippen LogP contribution in [0.15, 0.2) is 30.5 Å². The van der Waals surface area contributed by atoms with Gasteiger partial charge in [-0.1, -0.05) is 18.9 Å². The number of rotatable bonds is 2. The Morgan fingerprint density at radius 1 is 1.00 bits per heavy atom. The van der Waals surface area contributed by atoms with E-state index >= 15 is 0 Å². The molecule has 5 nitrogen and oxygen atoms in total. The third kappa shape index (κ3) is 3.96. The molecule has 0 atom stereocenters. The zero-order valence-electron chi connectivity index (χ0n) is 12.8. The van der Waals surface area contributed by atoms with Gasteiger partial charge in [0.05, 0.1) is 4.88 Å². The van der Waals surface area contributed by atoms with E-state index in [0.717, 1.165) is 12.8 Å². The van der Waals surface area contributed by atoms with Crippen LogP contribution < -0.4 is 10.9 Å². The molecule has 0 bridgehead atoms. The molecule has 0 radical (unpaired) electrons. The van der Waals surface area contributed by atoms with Crippen LogP contribution in [-0.2, 0) is 12.8 Å². The second-order valence-electron chi connectivity index (χ2n) is 5.60. The third-order valence-electron chi connectivity index (χ3n) is 3.91. The summed E-state index contributed by atoms with van der Waals surface area (Å²) < 4.78 is 0. The summed E-state index contributed by atoms with van der Waals surface area (Å²) in [4.78, 5) is 30.0. The molecule has 0 saturated heterocycles. The molecule has 0 aliphatic heterocycles. The second kappa shape index (κ2) is 7.37. The summed E-state index contributed by atoms with van der Waals surface area (Å²) in [5.41, 5.74) is 6.44. The number of hydrogen-bond donors (Lipinski definition) is 2. The predicted molar refractivity (Wildman–Crippen MR) is 89.4 cm³/mol. The zero-order chi connectivity index (χ0) is 16.1. The lowest BCUT2D eigenvalue weighted by Gasteiger charge is -2.07. The van der Waals surface area contributed by atoms with E-state index < -0.39 is 5.91 Å². The van der Waals surface area contributed by atoms with Gasteiger partial charge in [-0.3, -0.25) is 25.4 Å². The van der Waals surface area contributed by atoms with Crippen molar-refractivity contribution in [2.45, 2.75) is 38.5 Å². The summed E-state index contributed by atoms with van der Waals surface area (Å²) in [6.07, 6.45) is 8.52. The standard InChI is InChI=1S/C17H19N3O2S/c21-16(13-8-5-6-10-18-13)19-20-17(22)15-11-12-7-3-1-2-4-9-14(12)23-15/h5-6,8,10-11H,1-4,7,9H2,(H,19,21)(H,20,22). The number of fused-ring (bicyclic) bond motifs is 1. The Kier molecular flexibility index (Phi) is 5.02. The molecule has 2 heterocycles. The van der Waals surface area contributed by atoms with E-state index in [-0.39, 0.29) is 11.6 Å². The summed E-state index contributed by atoms with van der Waals surface area (Å²) in [6.45, 7) is 0. The largest absolute Gasteiger partial charge is 0.288 e. The third-order valence-corrected chi connectivity index (χ3v) is 5.14. The minimum Gasteiger partial charge on any atom is -0.266 e. The van der Waals surface area contributed by atoms with Crippen LogP contribution in [0.5, 0.6) is 0 Å². The molecule has 0 saturated carbocycles. The molecule has 120 valence electrons. The average Bonchev–Trinajstić information content (AvgIpc) is 2.95. The van der Waals surface area contributed by atoms with Gasteiger partial charge in [0.15, 0.2) is 0 Å². The summed E-state index contributed by atoms with van der Waals surface area (Å²) >= 11 is 1.53. The molecule has 6 heteroatoms. The smallest absolute Gasteiger partial charge is 0.266 e. The molecule has 1 aliphatic carbocycles. The van der Waals surface area contributed by atoms with Crippen LogP contribution in [0.3, 0.4) is 0 Å². The van der Waals surface area contributed by atoms with E-state index in [1.807, 2.05) is 6.07 Å². The van der Waals surface area contributed by atoms with Gasteiger partial charge in [0, 0.05) is 11.1 Å². The molecular formula is C17H19N3O2S. The van der Waals surface area contributed by atoms with Gasteiger partial charge in [-0.25, -0.2) is 0 Å². The van der Waals surface area contributed by atoms with Crippen molar-refractivity contribution in [3.63, 3.8) is 0 Å². The Labute approximate surface area is 139 Å². The molecular weight excluding hydrogens is 310 g/mol. The highest BCUT2D eigenvalue weighted by atomic mass is 32.1. The number of nitrogens with one attached hydrogen (secondary N) is 2. The van der Waals surface area contributed by atoms with Crippen molar-refractivity contribution in [1.82, 2.24) is 15.8 Å². The maximum Gasteiger partial charge on any atom is 0.288 e. The molecule has 2 aromatic rings. The minimum absolute atomic E-state index is 0.270. The minimum atomic E-state index is -0.422. The van der Waals surface area contributed by atoms with E-state index in [2.05, 4.69) is 15.8 Å². The molecule has 0 aromatic carbocycles. The zero-order valence-corrected chi connectivity index (χ0v) is 13.6. The van der Waals surface area contributed by atoms with E-state index in [4.69, 9.17) is 0 Å². The van der Waals surface area contributed by atoms with E-state index in [1.54, 1.807) is 18.2 Å². The number of aromatic nitrogens is 1. The number of carbonyl (C=O) groups excluding carboxylic acids is 2. The Morgan fingerprint density at radius 2 is 1.78 bits per heavy atom. The maximum absolute atomic E-state index is 12.2. The van der Waals surface area contributed by atoms with Gasteiger partial charge >= 0.3 is 0 Å². The summed E-state index contributed by atoms with van der Waals surface area (Å²) in [5, 5.41) is 0. The van der Waals surface area contributed by atoms with Crippen LogP contribution in [0.1, 0.15) is 56.3 Å². The van der Waals surface area contributed by atoms with E-state index in [0.29, 0.717) is 4.88 Å². The Morgan fingerprint density at radius 3 is 2.57 bits per heavy atom. The average molecular weight is 329 g/mol. The van der Waals surface area contributed by atoms with Gasteiger partial charge in [-0.15, -0.1) is 11.3 Å². The fraction of sp³-hybridized carbons (Fsp3) is 0.353. The predicted octanol–water partition coefficient (Wildman–Crippen LogP) is 2.88. The number of carbonyl (C=O) groups is 2. The first-order valence-electron chi connectivity index (χ1n) is 7.87. The number of amides is 2. The first-order valence-corrected chi connectivity index (χ1v) is 8.69. The van der Waals surface area contributed by atoms with Crippen molar-refractivity contribution in [2.75, 3.05) is 0 Å². The number of hydrogen-bond acceptors (Lipinski definition) is 4. The lowest BCUT2D eigenvalue weighted by Crippen LogP contribution is -2.41. The molecule has 0 unspecified atom stereocenters. The van der Waals surface area contributed by atoms with Crippen LogP contribution in [0.25, 0.3) is 0 Å². The van der Waals surface area contributed by atoms with Crippen LogP contribution in [0, 0.1) is 0 Å². The van der Waals surface area contributed by atoms with Gasteiger partial charge in [0.2, 0.25) is 0 Å². The first kappa shape index (κ1) is 15.7. The molecule has 0 spiro atoms. The van der Waals surface area contributed by atoms with Gasteiger partial charge in [0.25, 0.3) is 11.8 Å².